The highest BCUT2D eigenvalue weighted by Gasteiger charge is 2.36. The van der Waals surface area contributed by atoms with Gasteiger partial charge < -0.3 is 9.47 Å². The van der Waals surface area contributed by atoms with E-state index in [-0.39, 0.29) is 28.8 Å². The number of rotatable bonds is 4. The predicted molar refractivity (Wildman–Crippen MR) is 87.7 cm³/mol. The highest BCUT2D eigenvalue weighted by atomic mass is 19.4. The number of hydrogen-bond donors (Lipinski definition) is 0. The van der Waals surface area contributed by atoms with Crippen LogP contribution in [0.4, 0.5) is 26.3 Å². The van der Waals surface area contributed by atoms with Gasteiger partial charge in [0.05, 0.1) is 11.6 Å². The Morgan fingerprint density at radius 3 is 1.47 bits per heavy atom. The predicted octanol–water partition coefficient (Wildman–Crippen LogP) is 4.65. The number of halogens is 6. The summed E-state index contributed by atoms with van der Waals surface area (Å²) in [4.78, 5) is 0. The van der Waals surface area contributed by atoms with E-state index < -0.39 is 23.7 Å². The van der Waals surface area contributed by atoms with E-state index in [1.54, 1.807) is 6.07 Å². The maximum absolute atomic E-state index is 12.8. The number of hydrogen-bond acceptors (Lipinski definition) is 5. The zero-order valence-corrected chi connectivity index (χ0v) is 15.2. The zero-order valence-electron chi connectivity index (χ0n) is 15.2. The maximum Gasteiger partial charge on any atom is 0.435 e. The fourth-order valence-corrected chi connectivity index (χ4v) is 2.36. The summed E-state index contributed by atoms with van der Waals surface area (Å²) in [5.41, 5.74) is -2.36. The van der Waals surface area contributed by atoms with Crippen molar-refractivity contribution in [2.75, 3.05) is 0 Å². The van der Waals surface area contributed by atoms with E-state index >= 15 is 0 Å². The van der Waals surface area contributed by atoms with Gasteiger partial charge in [0, 0.05) is 32.3 Å². The van der Waals surface area contributed by atoms with Crippen LogP contribution in [0.15, 0.2) is 30.3 Å². The third kappa shape index (κ3) is 4.48. The first-order chi connectivity index (χ1) is 13.9. The van der Waals surface area contributed by atoms with Gasteiger partial charge in [-0.05, 0) is 12.1 Å². The minimum atomic E-state index is -4.68. The molecule has 7 nitrogen and oxygen atoms in total. The average Bonchev–Trinajstić information content (AvgIpc) is 3.18. The van der Waals surface area contributed by atoms with Crippen LogP contribution in [0, 0.1) is 11.3 Å². The van der Waals surface area contributed by atoms with Crippen molar-refractivity contribution in [2.45, 2.75) is 12.4 Å². The van der Waals surface area contributed by atoms with Gasteiger partial charge in [0.15, 0.2) is 11.4 Å². The molecule has 158 valence electrons. The molecule has 3 rings (SSSR count). The number of nitriles is 1. The van der Waals surface area contributed by atoms with Crippen molar-refractivity contribution in [1.82, 2.24) is 19.6 Å². The van der Waals surface area contributed by atoms with Crippen molar-refractivity contribution >= 4 is 0 Å². The minimum Gasteiger partial charge on any atom is -0.439 e. The second-order valence-electron chi connectivity index (χ2n) is 5.99. The summed E-state index contributed by atoms with van der Waals surface area (Å²) in [6.45, 7) is 0. The summed E-state index contributed by atoms with van der Waals surface area (Å²) >= 11 is 0. The number of aryl methyl sites for hydroxylation is 2. The molecule has 0 spiro atoms. The molecule has 0 aliphatic carbocycles. The third-order valence-electron chi connectivity index (χ3n) is 3.71. The molecule has 0 amide bonds. The molecule has 0 saturated heterocycles. The molecular weight excluding hydrogens is 420 g/mol. The van der Waals surface area contributed by atoms with E-state index in [4.69, 9.17) is 14.7 Å². The van der Waals surface area contributed by atoms with Crippen LogP contribution < -0.4 is 9.47 Å². The highest BCUT2D eigenvalue weighted by molar-refractivity contribution is 5.46. The average molecular weight is 431 g/mol. The topological polar surface area (TPSA) is 77.9 Å². The summed E-state index contributed by atoms with van der Waals surface area (Å²) in [7, 11) is 2.45. The Labute approximate surface area is 164 Å². The molecule has 0 bridgehead atoms. The second-order valence-corrected chi connectivity index (χ2v) is 5.99. The van der Waals surface area contributed by atoms with Gasteiger partial charge >= 0.3 is 12.4 Å². The van der Waals surface area contributed by atoms with E-state index in [1.165, 1.54) is 32.3 Å². The monoisotopic (exact) mass is 431 g/mol. The second kappa shape index (κ2) is 7.29. The molecule has 30 heavy (non-hydrogen) atoms. The van der Waals surface area contributed by atoms with Crippen molar-refractivity contribution in [2.24, 2.45) is 14.1 Å². The van der Waals surface area contributed by atoms with Crippen LogP contribution in [0.3, 0.4) is 0 Å². The lowest BCUT2D eigenvalue weighted by molar-refractivity contribution is -0.142. The quantitative estimate of drug-likeness (QED) is 0.562. The molecule has 0 radical (unpaired) electrons. The fourth-order valence-electron chi connectivity index (χ4n) is 2.36. The van der Waals surface area contributed by atoms with E-state index in [0.29, 0.717) is 12.1 Å². The Morgan fingerprint density at radius 1 is 0.767 bits per heavy atom. The molecule has 0 saturated carbocycles. The minimum absolute atomic E-state index is 0.000994. The van der Waals surface area contributed by atoms with Gasteiger partial charge in [0.25, 0.3) is 0 Å². The van der Waals surface area contributed by atoms with Gasteiger partial charge in [-0.3, -0.25) is 0 Å². The van der Waals surface area contributed by atoms with E-state index in [9.17, 15) is 26.3 Å². The molecule has 2 heterocycles. The molecule has 2 aromatic heterocycles. The molecular formula is C17H11F6N5O2. The maximum atomic E-state index is 12.8. The number of benzene rings is 1. The number of aromatic nitrogens is 4. The standard InChI is InChI=1S/C17H11F6N5O2/c1-27-14(6-12(25-27)16(18,19)20)29-10-3-9(8-24)4-11(5-10)30-15-7-13(17(21,22)23)26-28(15)2/h3-7H,1-2H3. The molecule has 1 aromatic carbocycles. The molecule has 0 unspecified atom stereocenters. The Bertz CT molecular complexity index is 1040. The van der Waals surface area contributed by atoms with Crippen LogP contribution in [0.2, 0.25) is 0 Å². The Hall–Kier alpha value is -3.69. The summed E-state index contributed by atoms with van der Waals surface area (Å²) in [5, 5.41) is 15.8. The molecule has 0 atom stereocenters. The van der Waals surface area contributed by atoms with Crippen molar-refractivity contribution < 1.29 is 35.8 Å². The first-order valence-corrected chi connectivity index (χ1v) is 8.00. The van der Waals surface area contributed by atoms with E-state index in [2.05, 4.69) is 10.2 Å². The smallest absolute Gasteiger partial charge is 0.435 e. The van der Waals surface area contributed by atoms with Gasteiger partial charge in [0.1, 0.15) is 11.5 Å². The van der Waals surface area contributed by atoms with Crippen molar-refractivity contribution in [3.05, 3.63) is 47.3 Å². The molecule has 0 fully saturated rings. The lowest BCUT2D eigenvalue weighted by atomic mass is 10.2. The fraction of sp³-hybridized carbons (Fsp3) is 0.235. The van der Waals surface area contributed by atoms with Gasteiger partial charge in [-0.2, -0.15) is 41.8 Å². The Balaban J connectivity index is 1.91. The van der Waals surface area contributed by atoms with Crippen LogP contribution in [0.1, 0.15) is 17.0 Å². The van der Waals surface area contributed by atoms with Gasteiger partial charge in [-0.1, -0.05) is 0 Å². The normalized spacial score (nSPS) is 12.0. The lowest BCUT2D eigenvalue weighted by Gasteiger charge is -2.09. The zero-order chi connectivity index (χ0) is 22.3. The van der Waals surface area contributed by atoms with Crippen molar-refractivity contribution in [3.8, 4) is 29.3 Å². The van der Waals surface area contributed by atoms with Crippen molar-refractivity contribution in [1.29, 1.82) is 5.26 Å². The van der Waals surface area contributed by atoms with E-state index in [1.807, 2.05) is 0 Å². The summed E-state index contributed by atoms with van der Waals surface area (Å²) < 4.78 is 89.1. The summed E-state index contributed by atoms with van der Waals surface area (Å²) in [6.07, 6.45) is -9.37. The summed E-state index contributed by atoms with van der Waals surface area (Å²) in [5.74, 6) is -0.718. The molecule has 0 aliphatic rings. The third-order valence-corrected chi connectivity index (χ3v) is 3.71. The van der Waals surface area contributed by atoms with Crippen LogP contribution in [-0.2, 0) is 26.4 Å². The SMILES string of the molecule is Cn1nc(C(F)(F)F)cc1Oc1cc(C#N)cc(Oc2cc(C(F)(F)F)nn2C)c1. The van der Waals surface area contributed by atoms with Crippen LogP contribution in [0.5, 0.6) is 23.3 Å². The van der Waals surface area contributed by atoms with Crippen LogP contribution in [-0.4, -0.2) is 19.6 Å². The number of alkyl halides is 6. The molecule has 0 aliphatic heterocycles. The number of nitrogens with zero attached hydrogens (tertiary/aromatic N) is 5. The first-order valence-electron chi connectivity index (χ1n) is 8.00. The Morgan fingerprint density at radius 2 is 1.17 bits per heavy atom. The Kier molecular flexibility index (Phi) is 5.11. The van der Waals surface area contributed by atoms with Crippen molar-refractivity contribution in [3.63, 3.8) is 0 Å². The van der Waals surface area contributed by atoms with Gasteiger partial charge in [0.2, 0.25) is 11.8 Å². The lowest BCUT2D eigenvalue weighted by Crippen LogP contribution is -2.06. The highest BCUT2D eigenvalue weighted by Crippen LogP contribution is 2.35. The van der Waals surface area contributed by atoms with Gasteiger partial charge in [-0.25, -0.2) is 9.36 Å². The summed E-state index contributed by atoms with van der Waals surface area (Å²) in [6, 6.07) is 6.76. The molecule has 13 heteroatoms. The number of ether oxygens (including phenoxy) is 2. The van der Waals surface area contributed by atoms with Crippen LogP contribution >= 0.6 is 0 Å². The van der Waals surface area contributed by atoms with Crippen LogP contribution in [0.25, 0.3) is 0 Å². The molecule has 0 N–H and O–H groups in total. The first kappa shape index (κ1) is 21.0. The van der Waals surface area contributed by atoms with E-state index in [0.717, 1.165) is 9.36 Å². The van der Waals surface area contributed by atoms with Gasteiger partial charge in [-0.15, -0.1) is 0 Å². The molecule has 3 aromatic rings. The largest absolute Gasteiger partial charge is 0.439 e.